The highest BCUT2D eigenvalue weighted by Crippen LogP contribution is 2.29. The number of hydrogen-bond acceptors (Lipinski definition) is 7. The lowest BCUT2D eigenvalue weighted by Gasteiger charge is -2.08. The molecule has 0 aliphatic heterocycles. The van der Waals surface area contributed by atoms with E-state index in [1.165, 1.54) is 15.9 Å². The lowest BCUT2D eigenvalue weighted by molar-refractivity contribution is 0.338. The number of ether oxygens (including phenoxy) is 2. The van der Waals surface area contributed by atoms with Crippen LogP contribution in [0.5, 0.6) is 11.5 Å². The first-order valence-electron chi connectivity index (χ1n) is 12.5. The molecule has 8 nitrogen and oxygen atoms in total. The Labute approximate surface area is 228 Å². The molecule has 39 heavy (non-hydrogen) atoms. The third kappa shape index (κ3) is 4.68. The Morgan fingerprint density at radius 2 is 1.74 bits per heavy atom. The molecule has 0 N–H and O–H groups in total. The van der Waals surface area contributed by atoms with E-state index in [0.717, 1.165) is 45.1 Å². The van der Waals surface area contributed by atoms with Gasteiger partial charge in [0, 0.05) is 22.9 Å². The molecule has 0 aliphatic rings. The minimum absolute atomic E-state index is 0.219. The first-order valence-corrected chi connectivity index (χ1v) is 13.3. The van der Waals surface area contributed by atoms with Crippen LogP contribution < -0.4 is 19.6 Å². The smallest absolute Gasteiger partial charge is 0.291 e. The van der Waals surface area contributed by atoms with Crippen molar-refractivity contribution in [3.8, 4) is 39.8 Å². The number of aromatic nitrogens is 5. The number of thiazole rings is 1. The fraction of sp³-hybridized carbons (Fsp3) is 0.133. The molecule has 0 saturated heterocycles. The Kier molecular flexibility index (Phi) is 6.42. The van der Waals surface area contributed by atoms with Gasteiger partial charge in [0.1, 0.15) is 17.2 Å². The number of methoxy groups -OCH3 is 1. The highest BCUT2D eigenvalue weighted by Gasteiger charge is 2.16. The summed E-state index contributed by atoms with van der Waals surface area (Å²) in [5, 5.41) is 9.38. The van der Waals surface area contributed by atoms with Gasteiger partial charge in [-0.1, -0.05) is 29.5 Å². The normalized spacial score (nSPS) is 11.8. The third-order valence-electron chi connectivity index (χ3n) is 6.33. The van der Waals surface area contributed by atoms with Crippen molar-refractivity contribution in [3.05, 3.63) is 105 Å². The molecule has 0 spiro atoms. The summed E-state index contributed by atoms with van der Waals surface area (Å²) >= 11 is 1.30. The average molecular weight is 536 g/mol. The second-order valence-electron chi connectivity index (χ2n) is 8.90. The number of benzene rings is 3. The van der Waals surface area contributed by atoms with Crippen LogP contribution in [0.1, 0.15) is 18.1 Å². The van der Waals surface area contributed by atoms with Gasteiger partial charge >= 0.3 is 0 Å². The van der Waals surface area contributed by atoms with Crippen LogP contribution >= 0.6 is 11.3 Å². The van der Waals surface area contributed by atoms with Gasteiger partial charge in [0.25, 0.3) is 5.56 Å². The van der Waals surface area contributed by atoms with E-state index in [1.807, 2.05) is 97.5 Å². The van der Waals surface area contributed by atoms with Crippen LogP contribution in [0.2, 0.25) is 0 Å². The van der Waals surface area contributed by atoms with E-state index in [0.29, 0.717) is 21.9 Å². The second-order valence-corrected chi connectivity index (χ2v) is 9.91. The zero-order valence-corrected chi connectivity index (χ0v) is 22.5. The molecule has 0 aliphatic carbocycles. The standard InChI is InChI=1S/C30H25N5O3S/c1-4-38-25-15-12-21(16-19(25)2)27-22(18-34(32-27)23-8-6-5-7-9-23)17-26-29(36)35-30(39-26)31-28(33-35)20-10-13-24(37-3)14-11-20/h5-18H,4H2,1-3H3. The van der Waals surface area contributed by atoms with Crippen LogP contribution in [0.15, 0.2) is 83.8 Å². The van der Waals surface area contributed by atoms with Crippen LogP contribution in [-0.2, 0) is 0 Å². The highest BCUT2D eigenvalue weighted by molar-refractivity contribution is 7.15. The van der Waals surface area contributed by atoms with Crippen molar-refractivity contribution in [2.75, 3.05) is 13.7 Å². The molecule has 194 valence electrons. The molecule has 6 rings (SSSR count). The molecule has 0 fully saturated rings. The minimum Gasteiger partial charge on any atom is -0.497 e. The van der Waals surface area contributed by atoms with Gasteiger partial charge < -0.3 is 9.47 Å². The lowest BCUT2D eigenvalue weighted by Crippen LogP contribution is -2.23. The SMILES string of the molecule is CCOc1ccc(-c2nn(-c3ccccc3)cc2C=c2sc3nc(-c4ccc(OC)cc4)nn3c2=O)cc1C. The third-order valence-corrected chi connectivity index (χ3v) is 7.29. The van der Waals surface area contributed by atoms with E-state index in [-0.39, 0.29) is 5.56 Å². The average Bonchev–Trinajstić information content (AvgIpc) is 3.65. The summed E-state index contributed by atoms with van der Waals surface area (Å²) in [6.45, 7) is 4.58. The summed E-state index contributed by atoms with van der Waals surface area (Å²) in [7, 11) is 1.62. The highest BCUT2D eigenvalue weighted by atomic mass is 32.1. The van der Waals surface area contributed by atoms with Crippen LogP contribution in [0.3, 0.4) is 0 Å². The maximum absolute atomic E-state index is 13.3. The summed E-state index contributed by atoms with van der Waals surface area (Å²) in [4.78, 5) is 18.5. The van der Waals surface area contributed by atoms with Crippen molar-refractivity contribution >= 4 is 22.4 Å². The second kappa shape index (κ2) is 10.2. The van der Waals surface area contributed by atoms with Crippen molar-refractivity contribution in [2.24, 2.45) is 0 Å². The minimum atomic E-state index is -0.219. The molecule has 3 heterocycles. The fourth-order valence-electron chi connectivity index (χ4n) is 4.38. The van der Waals surface area contributed by atoms with Gasteiger partial charge in [-0.15, -0.1) is 5.10 Å². The molecule has 0 atom stereocenters. The quantitative estimate of drug-likeness (QED) is 0.288. The first kappa shape index (κ1) is 24.6. The summed E-state index contributed by atoms with van der Waals surface area (Å²) in [6.07, 6.45) is 3.80. The molecule has 0 amide bonds. The molecule has 0 radical (unpaired) electrons. The molecule has 6 aromatic rings. The van der Waals surface area contributed by atoms with E-state index < -0.39 is 0 Å². The van der Waals surface area contributed by atoms with Crippen LogP contribution in [0.4, 0.5) is 0 Å². The number of aryl methyl sites for hydroxylation is 1. The Balaban J connectivity index is 1.45. The van der Waals surface area contributed by atoms with Crippen molar-refractivity contribution in [3.63, 3.8) is 0 Å². The number of fused-ring (bicyclic) bond motifs is 1. The molecule has 0 saturated carbocycles. The summed E-state index contributed by atoms with van der Waals surface area (Å²) in [5.74, 6) is 2.08. The van der Waals surface area contributed by atoms with E-state index in [2.05, 4.69) is 16.1 Å². The summed E-state index contributed by atoms with van der Waals surface area (Å²) in [5.41, 5.74) is 5.06. The fourth-order valence-corrected chi connectivity index (χ4v) is 5.28. The molecule has 9 heteroatoms. The molecule has 3 aromatic heterocycles. The summed E-state index contributed by atoms with van der Waals surface area (Å²) < 4.78 is 14.7. The number of rotatable bonds is 7. The topological polar surface area (TPSA) is 83.5 Å². The molecular weight excluding hydrogens is 510 g/mol. The van der Waals surface area contributed by atoms with Gasteiger partial charge in [0.05, 0.1) is 23.9 Å². The van der Waals surface area contributed by atoms with Crippen molar-refractivity contribution < 1.29 is 9.47 Å². The van der Waals surface area contributed by atoms with Crippen LogP contribution in [0.25, 0.3) is 39.4 Å². The monoisotopic (exact) mass is 535 g/mol. The van der Waals surface area contributed by atoms with Gasteiger partial charge in [-0.05, 0) is 80.1 Å². The Hall–Kier alpha value is -4.76. The first-order chi connectivity index (χ1) is 19.0. The summed E-state index contributed by atoms with van der Waals surface area (Å²) in [6, 6.07) is 23.3. The molecule has 3 aromatic carbocycles. The zero-order valence-electron chi connectivity index (χ0n) is 21.7. The number of nitrogens with zero attached hydrogens (tertiary/aromatic N) is 5. The molecule has 0 bridgehead atoms. The lowest BCUT2D eigenvalue weighted by atomic mass is 10.0. The van der Waals surface area contributed by atoms with Gasteiger partial charge in [-0.3, -0.25) is 4.79 Å². The van der Waals surface area contributed by atoms with E-state index >= 15 is 0 Å². The predicted octanol–water partition coefficient (Wildman–Crippen LogP) is 4.93. The molecule has 0 unspecified atom stereocenters. The predicted molar refractivity (Wildman–Crippen MR) is 153 cm³/mol. The maximum Gasteiger partial charge on any atom is 0.291 e. The van der Waals surface area contributed by atoms with Gasteiger partial charge in [0.2, 0.25) is 4.96 Å². The van der Waals surface area contributed by atoms with Crippen molar-refractivity contribution in [1.29, 1.82) is 0 Å². The number of hydrogen-bond donors (Lipinski definition) is 0. The molecular formula is C30H25N5O3S. The number of para-hydroxylation sites is 1. The van der Waals surface area contributed by atoms with Gasteiger partial charge in [0.15, 0.2) is 5.82 Å². The van der Waals surface area contributed by atoms with E-state index in [9.17, 15) is 4.79 Å². The Morgan fingerprint density at radius 1 is 0.974 bits per heavy atom. The van der Waals surface area contributed by atoms with E-state index in [1.54, 1.807) is 7.11 Å². The van der Waals surface area contributed by atoms with Gasteiger partial charge in [-0.2, -0.15) is 14.6 Å². The van der Waals surface area contributed by atoms with Crippen molar-refractivity contribution in [2.45, 2.75) is 13.8 Å². The van der Waals surface area contributed by atoms with Crippen molar-refractivity contribution in [1.82, 2.24) is 24.4 Å². The van der Waals surface area contributed by atoms with E-state index in [4.69, 9.17) is 14.6 Å². The van der Waals surface area contributed by atoms with Crippen LogP contribution in [-0.4, -0.2) is 38.1 Å². The van der Waals surface area contributed by atoms with Crippen LogP contribution in [0, 0.1) is 6.92 Å². The maximum atomic E-state index is 13.3. The van der Waals surface area contributed by atoms with Gasteiger partial charge in [-0.25, -0.2) is 4.68 Å². The largest absolute Gasteiger partial charge is 0.497 e. The Morgan fingerprint density at radius 3 is 2.44 bits per heavy atom. The zero-order chi connectivity index (χ0) is 26.9. The Bertz CT molecular complexity index is 1890.